The van der Waals surface area contributed by atoms with Gasteiger partial charge in [0.25, 0.3) is 0 Å². The molecular weight excluding hydrogens is 497 g/mol. The second-order valence-electron chi connectivity index (χ2n) is 7.66. The van der Waals surface area contributed by atoms with Crippen molar-refractivity contribution in [3.8, 4) is 0 Å². The highest BCUT2D eigenvalue weighted by Gasteiger charge is 2.25. The van der Waals surface area contributed by atoms with Crippen LogP contribution in [0.1, 0.15) is 36.7 Å². The molecule has 0 amide bonds. The minimum atomic E-state index is 0. The molecule has 2 aliphatic heterocycles. The first kappa shape index (κ1) is 23.1. The van der Waals surface area contributed by atoms with Crippen LogP contribution in [0.25, 0.3) is 0 Å². The molecule has 30 heavy (non-hydrogen) atoms. The zero-order valence-electron chi connectivity index (χ0n) is 17.5. The third-order valence-electron chi connectivity index (χ3n) is 5.42. The molecule has 0 aromatic carbocycles. The second-order valence-corrected chi connectivity index (χ2v) is 7.66. The molecule has 166 valence electrons. The summed E-state index contributed by atoms with van der Waals surface area (Å²) in [6, 6.07) is 3.92. The van der Waals surface area contributed by atoms with Crippen LogP contribution in [0.4, 0.5) is 0 Å². The number of hydrogen-bond donors (Lipinski definition) is 1. The number of halogens is 1. The fourth-order valence-electron chi connectivity index (χ4n) is 3.81. The number of ether oxygens (including phenoxy) is 2. The van der Waals surface area contributed by atoms with Crippen molar-refractivity contribution >= 4 is 29.9 Å². The zero-order chi connectivity index (χ0) is 19.9. The van der Waals surface area contributed by atoms with Crippen LogP contribution in [0, 0.1) is 0 Å². The highest BCUT2D eigenvalue weighted by atomic mass is 127. The molecule has 2 aromatic heterocycles. The SMILES string of the molecule is Cn1cc(C2CN(C(=NCC3CCCCO3)NCCc3ccco3)CCO2)cn1.I. The lowest BCUT2D eigenvalue weighted by Crippen LogP contribution is -2.49. The van der Waals surface area contributed by atoms with Crippen LogP contribution >= 0.6 is 24.0 Å². The van der Waals surface area contributed by atoms with Gasteiger partial charge in [-0.3, -0.25) is 9.67 Å². The lowest BCUT2D eigenvalue weighted by atomic mass is 10.1. The van der Waals surface area contributed by atoms with Crippen molar-refractivity contribution in [2.45, 2.75) is 37.9 Å². The van der Waals surface area contributed by atoms with Gasteiger partial charge in [0, 0.05) is 44.9 Å². The summed E-state index contributed by atoms with van der Waals surface area (Å²) in [4.78, 5) is 7.21. The molecule has 0 aliphatic carbocycles. The van der Waals surface area contributed by atoms with Crippen LogP contribution in [0.15, 0.2) is 40.2 Å². The monoisotopic (exact) mass is 529 g/mol. The Morgan fingerprint density at radius 3 is 2.97 bits per heavy atom. The maximum Gasteiger partial charge on any atom is 0.194 e. The van der Waals surface area contributed by atoms with Crippen molar-refractivity contribution in [2.75, 3.05) is 39.4 Å². The second kappa shape index (κ2) is 11.7. The normalized spacial score (nSPS) is 22.6. The van der Waals surface area contributed by atoms with E-state index in [-0.39, 0.29) is 36.2 Å². The standard InChI is InChI=1S/C21H31N5O3.HI/c1-25-15-17(13-24-25)20-16-26(9-12-29-20)21(22-8-7-18-6-4-11-27-18)23-14-19-5-2-3-10-28-19;/h4,6,11,13,15,19-20H,2-3,5,7-10,12,14,16H2,1H3,(H,22,23);1H. The summed E-state index contributed by atoms with van der Waals surface area (Å²) in [6.45, 7) is 4.55. The molecule has 4 heterocycles. The van der Waals surface area contributed by atoms with Gasteiger partial charge in [0.1, 0.15) is 11.9 Å². The number of rotatable bonds is 6. The number of aromatic nitrogens is 2. The van der Waals surface area contributed by atoms with E-state index in [9.17, 15) is 0 Å². The number of guanidine groups is 1. The molecular formula is C21H32IN5O3. The van der Waals surface area contributed by atoms with Gasteiger partial charge in [-0.1, -0.05) is 0 Å². The number of aryl methyl sites for hydroxylation is 1. The molecule has 9 heteroatoms. The highest BCUT2D eigenvalue weighted by molar-refractivity contribution is 14.0. The number of nitrogens with zero attached hydrogens (tertiary/aromatic N) is 4. The molecule has 0 radical (unpaired) electrons. The Morgan fingerprint density at radius 1 is 1.30 bits per heavy atom. The first-order valence-electron chi connectivity index (χ1n) is 10.6. The molecule has 2 atom stereocenters. The fourth-order valence-corrected chi connectivity index (χ4v) is 3.81. The fraction of sp³-hybridized carbons (Fsp3) is 0.619. The molecule has 0 bridgehead atoms. The Morgan fingerprint density at radius 2 is 2.23 bits per heavy atom. The largest absolute Gasteiger partial charge is 0.469 e. The van der Waals surface area contributed by atoms with Gasteiger partial charge in [0.15, 0.2) is 5.96 Å². The van der Waals surface area contributed by atoms with Crippen LogP contribution < -0.4 is 5.32 Å². The van der Waals surface area contributed by atoms with Crippen molar-refractivity contribution in [1.29, 1.82) is 0 Å². The first-order valence-corrected chi connectivity index (χ1v) is 10.6. The highest BCUT2D eigenvalue weighted by Crippen LogP contribution is 2.22. The van der Waals surface area contributed by atoms with Crippen molar-refractivity contribution in [1.82, 2.24) is 20.0 Å². The number of aliphatic imine (C=N–C) groups is 1. The zero-order valence-corrected chi connectivity index (χ0v) is 19.9. The minimum absolute atomic E-state index is 0. The lowest BCUT2D eigenvalue weighted by Gasteiger charge is -2.35. The molecule has 0 saturated carbocycles. The van der Waals surface area contributed by atoms with E-state index < -0.39 is 0 Å². The maximum atomic E-state index is 6.00. The average Bonchev–Trinajstić information content (AvgIpc) is 3.43. The van der Waals surface area contributed by atoms with E-state index in [1.54, 1.807) is 6.26 Å². The molecule has 8 nitrogen and oxygen atoms in total. The number of morpholine rings is 1. The Balaban J connectivity index is 0.00000256. The van der Waals surface area contributed by atoms with E-state index in [1.165, 1.54) is 6.42 Å². The summed E-state index contributed by atoms with van der Waals surface area (Å²) in [6.07, 6.45) is 10.1. The quantitative estimate of drug-likeness (QED) is 0.353. The van der Waals surface area contributed by atoms with Crippen LogP contribution in [-0.2, 0) is 22.9 Å². The first-order chi connectivity index (χ1) is 14.3. The van der Waals surface area contributed by atoms with Crippen LogP contribution in [0.2, 0.25) is 0 Å². The Hall–Kier alpha value is -1.59. The third-order valence-corrected chi connectivity index (χ3v) is 5.42. The van der Waals surface area contributed by atoms with Crippen molar-refractivity contribution in [2.24, 2.45) is 12.0 Å². The summed E-state index contributed by atoms with van der Waals surface area (Å²) in [5, 5.41) is 7.81. The Bertz CT molecular complexity index is 773. The molecule has 0 spiro atoms. The van der Waals surface area contributed by atoms with Gasteiger partial charge in [-0.25, -0.2) is 0 Å². The van der Waals surface area contributed by atoms with Gasteiger partial charge in [0.05, 0.1) is 38.3 Å². The average molecular weight is 529 g/mol. The molecule has 2 unspecified atom stereocenters. The number of nitrogens with one attached hydrogen (secondary N) is 1. The predicted molar refractivity (Wildman–Crippen MR) is 125 cm³/mol. The smallest absolute Gasteiger partial charge is 0.194 e. The van der Waals surface area contributed by atoms with E-state index in [0.29, 0.717) is 13.2 Å². The van der Waals surface area contributed by atoms with Gasteiger partial charge in [-0.2, -0.15) is 5.10 Å². The summed E-state index contributed by atoms with van der Waals surface area (Å²) in [5.74, 6) is 1.89. The van der Waals surface area contributed by atoms with Crippen LogP contribution in [0.3, 0.4) is 0 Å². The van der Waals surface area contributed by atoms with Crippen molar-refractivity contribution < 1.29 is 13.9 Å². The summed E-state index contributed by atoms with van der Waals surface area (Å²) in [7, 11) is 1.93. The van der Waals surface area contributed by atoms with Gasteiger partial charge < -0.3 is 24.1 Å². The van der Waals surface area contributed by atoms with E-state index >= 15 is 0 Å². The number of hydrogen-bond acceptors (Lipinski definition) is 5. The van der Waals surface area contributed by atoms with Gasteiger partial charge in [-0.05, 0) is 31.4 Å². The lowest BCUT2D eigenvalue weighted by molar-refractivity contribution is -0.00849. The van der Waals surface area contributed by atoms with E-state index in [1.807, 2.05) is 36.3 Å². The number of furan rings is 1. The van der Waals surface area contributed by atoms with E-state index in [2.05, 4.69) is 15.3 Å². The van der Waals surface area contributed by atoms with Crippen LogP contribution in [-0.4, -0.2) is 66.1 Å². The molecule has 4 rings (SSSR count). The molecule has 2 aliphatic rings. The van der Waals surface area contributed by atoms with Crippen molar-refractivity contribution in [3.63, 3.8) is 0 Å². The Kier molecular flexibility index (Phi) is 9.01. The summed E-state index contributed by atoms with van der Waals surface area (Å²) >= 11 is 0. The Labute approximate surface area is 195 Å². The molecule has 2 aromatic rings. The van der Waals surface area contributed by atoms with E-state index in [0.717, 1.165) is 62.8 Å². The topological polar surface area (TPSA) is 77.0 Å². The van der Waals surface area contributed by atoms with E-state index in [4.69, 9.17) is 18.9 Å². The molecule has 2 fully saturated rings. The van der Waals surface area contributed by atoms with Gasteiger partial charge in [0.2, 0.25) is 0 Å². The maximum absolute atomic E-state index is 6.00. The predicted octanol–water partition coefficient (Wildman–Crippen LogP) is 2.76. The third kappa shape index (κ3) is 6.45. The van der Waals surface area contributed by atoms with Crippen molar-refractivity contribution in [3.05, 3.63) is 42.1 Å². The van der Waals surface area contributed by atoms with Gasteiger partial charge in [-0.15, -0.1) is 24.0 Å². The molecule has 1 N–H and O–H groups in total. The molecule has 2 saturated heterocycles. The van der Waals surface area contributed by atoms with Gasteiger partial charge >= 0.3 is 0 Å². The minimum Gasteiger partial charge on any atom is -0.469 e. The summed E-state index contributed by atoms with van der Waals surface area (Å²) in [5.41, 5.74) is 1.10. The van der Waals surface area contributed by atoms with Crippen LogP contribution in [0.5, 0.6) is 0 Å². The summed E-state index contributed by atoms with van der Waals surface area (Å²) < 4.78 is 19.1.